The van der Waals surface area contributed by atoms with Gasteiger partial charge >= 0.3 is 12.0 Å². The fraction of sp³-hybridized carbons (Fsp3) is 0.467. The largest absolute Gasteiger partial charge is 0.460 e. The lowest BCUT2D eigenvalue weighted by Crippen LogP contribution is -2.30. The van der Waals surface area contributed by atoms with Crippen molar-refractivity contribution in [1.82, 2.24) is 5.32 Å². The van der Waals surface area contributed by atoms with Crippen molar-refractivity contribution >= 4 is 52.5 Å². The maximum Gasteiger partial charge on any atom is 0.319 e. The number of benzene rings is 1. The molecule has 0 saturated carbocycles. The van der Waals surface area contributed by atoms with Gasteiger partial charge in [-0.2, -0.15) is 0 Å². The third kappa shape index (κ3) is 7.77. The predicted molar refractivity (Wildman–Crippen MR) is 93.6 cm³/mol. The molecule has 0 spiro atoms. The van der Waals surface area contributed by atoms with Crippen LogP contribution < -0.4 is 10.6 Å². The fourth-order valence-electron chi connectivity index (χ4n) is 1.65. The minimum Gasteiger partial charge on any atom is -0.460 e. The Morgan fingerprint density at radius 2 is 1.70 bits per heavy atom. The molecule has 5 nitrogen and oxygen atoms in total. The summed E-state index contributed by atoms with van der Waals surface area (Å²) < 4.78 is 5.17. The Hall–Kier alpha value is -1.17. The second-order valence-electron chi connectivity index (χ2n) is 5.82. The van der Waals surface area contributed by atoms with E-state index >= 15 is 0 Å². The van der Waals surface area contributed by atoms with Crippen LogP contribution in [0.5, 0.6) is 0 Å². The van der Waals surface area contributed by atoms with Gasteiger partial charge in [-0.3, -0.25) is 4.79 Å². The van der Waals surface area contributed by atoms with E-state index in [1.165, 1.54) is 12.1 Å². The first-order valence-electron chi connectivity index (χ1n) is 7.00. The molecule has 2 N–H and O–H groups in total. The zero-order chi connectivity index (χ0) is 17.6. The van der Waals surface area contributed by atoms with Crippen LogP contribution in [-0.4, -0.2) is 24.1 Å². The van der Waals surface area contributed by atoms with Crippen molar-refractivity contribution < 1.29 is 14.3 Å². The molecule has 0 aromatic heterocycles. The summed E-state index contributed by atoms with van der Waals surface area (Å²) in [4.78, 5) is 23.3. The van der Waals surface area contributed by atoms with Gasteiger partial charge in [0.25, 0.3) is 0 Å². The van der Waals surface area contributed by atoms with Crippen LogP contribution in [0, 0.1) is 0 Å². The first-order chi connectivity index (χ1) is 10.6. The van der Waals surface area contributed by atoms with E-state index in [1.807, 2.05) is 0 Å². The van der Waals surface area contributed by atoms with Crippen LogP contribution in [0.4, 0.5) is 10.5 Å². The molecule has 0 heterocycles. The number of ether oxygens (including phenoxy) is 1. The first-order valence-corrected chi connectivity index (χ1v) is 8.13. The quantitative estimate of drug-likeness (QED) is 0.563. The minimum absolute atomic E-state index is 0.222. The molecule has 1 aromatic rings. The van der Waals surface area contributed by atoms with Crippen molar-refractivity contribution in [3.05, 3.63) is 27.2 Å². The lowest BCUT2D eigenvalue weighted by Gasteiger charge is -2.19. The van der Waals surface area contributed by atoms with Crippen LogP contribution in [0.25, 0.3) is 0 Å². The summed E-state index contributed by atoms with van der Waals surface area (Å²) in [5, 5.41) is 6.02. The molecule has 0 aliphatic heterocycles. The summed E-state index contributed by atoms with van der Waals surface area (Å²) in [6.45, 7) is 5.72. The number of urea groups is 1. The van der Waals surface area contributed by atoms with E-state index in [9.17, 15) is 9.59 Å². The van der Waals surface area contributed by atoms with Gasteiger partial charge in [0.1, 0.15) is 5.60 Å². The van der Waals surface area contributed by atoms with Crippen LogP contribution in [0.15, 0.2) is 12.1 Å². The van der Waals surface area contributed by atoms with Gasteiger partial charge in [0, 0.05) is 18.0 Å². The van der Waals surface area contributed by atoms with Crippen molar-refractivity contribution in [2.45, 2.75) is 39.2 Å². The number of esters is 1. The molecule has 0 unspecified atom stereocenters. The number of amides is 2. The Labute approximate surface area is 150 Å². The highest BCUT2D eigenvalue weighted by molar-refractivity contribution is 6.42. The number of hydrogen-bond donors (Lipinski definition) is 2. The van der Waals surface area contributed by atoms with E-state index in [2.05, 4.69) is 10.6 Å². The lowest BCUT2D eigenvalue weighted by atomic mass is 10.2. The molecule has 0 bridgehead atoms. The van der Waals surface area contributed by atoms with E-state index in [1.54, 1.807) is 20.8 Å². The second-order valence-corrected chi connectivity index (χ2v) is 7.07. The molecule has 1 rings (SSSR count). The monoisotopic (exact) mass is 380 g/mol. The van der Waals surface area contributed by atoms with Crippen molar-refractivity contribution in [1.29, 1.82) is 0 Å². The van der Waals surface area contributed by atoms with Crippen molar-refractivity contribution in [2.24, 2.45) is 0 Å². The average Bonchev–Trinajstić information content (AvgIpc) is 2.37. The van der Waals surface area contributed by atoms with Crippen LogP contribution in [0.1, 0.15) is 33.6 Å². The zero-order valence-electron chi connectivity index (χ0n) is 13.1. The molecule has 0 aliphatic rings. The van der Waals surface area contributed by atoms with Gasteiger partial charge in [-0.1, -0.05) is 34.8 Å². The topological polar surface area (TPSA) is 67.4 Å². The molecular formula is C15H19Cl3N2O3. The van der Waals surface area contributed by atoms with Gasteiger partial charge < -0.3 is 15.4 Å². The molecule has 2 amide bonds. The summed E-state index contributed by atoms with van der Waals surface area (Å²) in [7, 11) is 0. The Kier molecular flexibility index (Phi) is 7.45. The molecular weight excluding hydrogens is 363 g/mol. The van der Waals surface area contributed by atoms with Gasteiger partial charge in [0.2, 0.25) is 0 Å². The summed E-state index contributed by atoms with van der Waals surface area (Å²) in [5.41, 5.74) is -0.230. The normalized spacial score (nSPS) is 11.0. The highest BCUT2D eigenvalue weighted by Crippen LogP contribution is 2.33. The third-order valence-corrected chi connectivity index (χ3v) is 3.32. The maximum absolute atomic E-state index is 11.8. The fourth-order valence-corrected chi connectivity index (χ4v) is 2.56. The van der Waals surface area contributed by atoms with Gasteiger partial charge in [0.15, 0.2) is 0 Å². The molecule has 0 atom stereocenters. The Morgan fingerprint density at radius 1 is 1.13 bits per heavy atom. The third-order valence-electron chi connectivity index (χ3n) is 2.51. The van der Waals surface area contributed by atoms with E-state index < -0.39 is 11.6 Å². The number of anilines is 1. The number of nitrogens with one attached hydrogen (secondary N) is 2. The van der Waals surface area contributed by atoms with Gasteiger partial charge in [-0.15, -0.1) is 0 Å². The van der Waals surface area contributed by atoms with E-state index in [0.29, 0.717) is 18.0 Å². The van der Waals surface area contributed by atoms with E-state index in [4.69, 9.17) is 39.5 Å². The highest BCUT2D eigenvalue weighted by Gasteiger charge is 2.16. The molecule has 23 heavy (non-hydrogen) atoms. The molecule has 8 heteroatoms. The number of halogens is 3. The smallest absolute Gasteiger partial charge is 0.319 e. The predicted octanol–water partition coefficient (Wildman–Crippen LogP) is 4.89. The number of carbonyl (C=O) groups is 2. The van der Waals surface area contributed by atoms with Crippen molar-refractivity contribution in [3.8, 4) is 0 Å². The van der Waals surface area contributed by atoms with E-state index in [0.717, 1.165) is 0 Å². The Morgan fingerprint density at radius 3 is 2.22 bits per heavy atom. The number of rotatable bonds is 5. The highest BCUT2D eigenvalue weighted by atomic mass is 35.5. The van der Waals surface area contributed by atoms with Crippen LogP contribution in [0.3, 0.4) is 0 Å². The number of hydrogen-bond acceptors (Lipinski definition) is 3. The summed E-state index contributed by atoms with van der Waals surface area (Å²) >= 11 is 17.7. The van der Waals surface area contributed by atoms with Crippen LogP contribution in [0.2, 0.25) is 15.1 Å². The van der Waals surface area contributed by atoms with Gasteiger partial charge in [-0.05, 0) is 39.3 Å². The van der Waals surface area contributed by atoms with Gasteiger partial charge in [-0.25, -0.2) is 4.79 Å². The maximum atomic E-state index is 11.8. The minimum atomic E-state index is -0.510. The average molecular weight is 382 g/mol. The molecule has 1 aromatic carbocycles. The lowest BCUT2D eigenvalue weighted by molar-refractivity contribution is -0.154. The summed E-state index contributed by atoms with van der Waals surface area (Å²) in [6, 6.07) is 2.49. The zero-order valence-corrected chi connectivity index (χ0v) is 15.4. The second kappa shape index (κ2) is 8.62. The molecule has 0 saturated heterocycles. The van der Waals surface area contributed by atoms with Crippen LogP contribution >= 0.6 is 34.8 Å². The molecule has 128 valence electrons. The Bertz CT molecular complexity index is 563. The van der Waals surface area contributed by atoms with Crippen LogP contribution in [-0.2, 0) is 9.53 Å². The summed E-state index contributed by atoms with van der Waals surface area (Å²) in [5.74, 6) is -0.302. The Balaban J connectivity index is 2.37. The van der Waals surface area contributed by atoms with E-state index in [-0.39, 0.29) is 28.1 Å². The SMILES string of the molecule is CC(C)(C)OC(=O)CCCNC(=O)Nc1c(Cl)cc(Cl)cc1Cl. The van der Waals surface area contributed by atoms with Gasteiger partial charge in [0.05, 0.1) is 15.7 Å². The molecule has 0 fully saturated rings. The standard InChI is InChI=1S/C15H19Cl3N2O3/c1-15(2,3)23-12(21)5-4-6-19-14(22)20-13-10(17)7-9(16)8-11(13)18/h7-8H,4-6H2,1-3H3,(H2,19,20,22). The van der Waals surface area contributed by atoms with Crippen molar-refractivity contribution in [3.63, 3.8) is 0 Å². The number of carbonyl (C=O) groups excluding carboxylic acids is 2. The summed E-state index contributed by atoms with van der Waals surface area (Å²) in [6.07, 6.45) is 0.685. The molecule has 0 aliphatic carbocycles. The molecule has 0 radical (unpaired) electrons. The first kappa shape index (κ1) is 19.9. The van der Waals surface area contributed by atoms with Crippen molar-refractivity contribution in [2.75, 3.05) is 11.9 Å².